The zero-order valence-electron chi connectivity index (χ0n) is 12.4. The molecule has 0 aromatic heterocycles. The molecule has 1 saturated carbocycles. The van der Waals surface area contributed by atoms with Crippen molar-refractivity contribution >= 4 is 0 Å². The van der Waals surface area contributed by atoms with E-state index in [4.69, 9.17) is 0 Å². The predicted molar refractivity (Wildman–Crippen MR) is 76.5 cm³/mol. The maximum Gasteiger partial charge on any atom is 0.0327 e. The summed E-state index contributed by atoms with van der Waals surface area (Å²) in [6, 6.07) is 0.680. The van der Waals surface area contributed by atoms with Gasteiger partial charge in [-0.15, -0.1) is 0 Å². The van der Waals surface area contributed by atoms with Crippen molar-refractivity contribution in [2.24, 2.45) is 0 Å². The van der Waals surface area contributed by atoms with Crippen LogP contribution in [0.5, 0.6) is 0 Å². The van der Waals surface area contributed by atoms with Crippen molar-refractivity contribution in [2.45, 2.75) is 76.8 Å². The molecule has 1 aliphatic rings. The number of unbranched alkanes of at least 4 members (excludes halogenated alkanes) is 2. The third-order valence-corrected chi connectivity index (χ3v) is 4.50. The third kappa shape index (κ3) is 4.59. The summed E-state index contributed by atoms with van der Waals surface area (Å²) < 4.78 is 0. The Hall–Kier alpha value is -0.0800. The van der Waals surface area contributed by atoms with E-state index in [0.717, 1.165) is 0 Å². The summed E-state index contributed by atoms with van der Waals surface area (Å²) in [5.74, 6) is 0. The quantitative estimate of drug-likeness (QED) is 0.654. The molecule has 0 aliphatic heterocycles. The number of hydrogen-bond acceptors (Lipinski definition) is 2. The number of likely N-dealkylation sites (N-methyl/N-ethyl adjacent to an activating group) is 1. The molecule has 1 rings (SSSR count). The van der Waals surface area contributed by atoms with Crippen molar-refractivity contribution in [3.05, 3.63) is 0 Å². The first kappa shape index (κ1) is 15.0. The van der Waals surface area contributed by atoms with Gasteiger partial charge in [-0.2, -0.15) is 0 Å². The lowest BCUT2D eigenvalue weighted by atomic mass is 9.95. The lowest BCUT2D eigenvalue weighted by Crippen LogP contribution is -2.51. The molecular weight excluding hydrogens is 208 g/mol. The third-order valence-electron chi connectivity index (χ3n) is 4.50. The first-order chi connectivity index (χ1) is 8.10. The zero-order valence-corrected chi connectivity index (χ0v) is 12.4. The van der Waals surface area contributed by atoms with E-state index in [1.165, 1.54) is 57.9 Å². The Morgan fingerprint density at radius 3 is 2.35 bits per heavy atom. The van der Waals surface area contributed by atoms with E-state index in [2.05, 4.69) is 38.2 Å². The molecule has 102 valence electrons. The number of nitrogens with zero attached hydrogens (tertiary/aromatic N) is 1. The highest BCUT2D eigenvalue weighted by molar-refractivity contribution is 4.94. The van der Waals surface area contributed by atoms with Crippen molar-refractivity contribution in [3.63, 3.8) is 0 Å². The van der Waals surface area contributed by atoms with Crippen molar-refractivity contribution in [1.29, 1.82) is 0 Å². The largest absolute Gasteiger partial charge is 0.312 e. The highest BCUT2D eigenvalue weighted by Crippen LogP contribution is 2.33. The number of hydrogen-bond donors (Lipinski definition) is 1. The Bertz CT molecular complexity index is 195. The van der Waals surface area contributed by atoms with E-state index < -0.39 is 0 Å². The molecule has 1 aliphatic carbocycles. The maximum atomic E-state index is 3.76. The van der Waals surface area contributed by atoms with E-state index in [1.54, 1.807) is 0 Å². The Morgan fingerprint density at radius 1 is 1.18 bits per heavy atom. The average molecular weight is 240 g/mol. The van der Waals surface area contributed by atoms with Gasteiger partial charge in [-0.25, -0.2) is 0 Å². The van der Waals surface area contributed by atoms with Gasteiger partial charge in [-0.1, -0.05) is 39.0 Å². The number of nitrogens with one attached hydrogen (secondary N) is 1. The van der Waals surface area contributed by atoms with Gasteiger partial charge in [0, 0.05) is 18.1 Å². The SMILES string of the molecule is CCCCCC(C)NCC1(N(C)C)CCCC1. The minimum Gasteiger partial charge on any atom is -0.312 e. The van der Waals surface area contributed by atoms with Gasteiger partial charge in [0.15, 0.2) is 0 Å². The topological polar surface area (TPSA) is 15.3 Å². The molecule has 1 fully saturated rings. The second-order valence-electron chi connectivity index (χ2n) is 6.10. The lowest BCUT2D eigenvalue weighted by molar-refractivity contribution is 0.149. The molecule has 0 aromatic carbocycles. The van der Waals surface area contributed by atoms with Crippen LogP contribution in [-0.4, -0.2) is 37.1 Å². The molecular formula is C15H32N2. The van der Waals surface area contributed by atoms with Crippen LogP contribution < -0.4 is 5.32 Å². The van der Waals surface area contributed by atoms with Crippen LogP contribution in [0, 0.1) is 0 Å². The van der Waals surface area contributed by atoms with Crippen LogP contribution >= 0.6 is 0 Å². The smallest absolute Gasteiger partial charge is 0.0327 e. The monoisotopic (exact) mass is 240 g/mol. The van der Waals surface area contributed by atoms with Crippen molar-refractivity contribution in [3.8, 4) is 0 Å². The fourth-order valence-corrected chi connectivity index (χ4v) is 2.98. The van der Waals surface area contributed by atoms with Crippen LogP contribution in [0.2, 0.25) is 0 Å². The summed E-state index contributed by atoms with van der Waals surface area (Å²) >= 11 is 0. The van der Waals surface area contributed by atoms with Crippen LogP contribution in [-0.2, 0) is 0 Å². The second kappa shape index (κ2) is 7.38. The Balaban J connectivity index is 2.27. The first-order valence-corrected chi connectivity index (χ1v) is 7.51. The molecule has 0 amide bonds. The molecule has 2 heteroatoms. The van der Waals surface area contributed by atoms with E-state index in [1.807, 2.05) is 0 Å². The van der Waals surface area contributed by atoms with E-state index in [-0.39, 0.29) is 0 Å². The van der Waals surface area contributed by atoms with E-state index >= 15 is 0 Å². The molecule has 0 saturated heterocycles. The van der Waals surface area contributed by atoms with Gasteiger partial charge in [0.1, 0.15) is 0 Å². The van der Waals surface area contributed by atoms with Gasteiger partial charge >= 0.3 is 0 Å². The molecule has 1 atom stereocenters. The molecule has 0 heterocycles. The standard InChI is InChI=1S/C15H32N2/c1-5-6-7-10-14(2)16-13-15(17(3)4)11-8-9-12-15/h14,16H,5-13H2,1-4H3. The van der Waals surface area contributed by atoms with Gasteiger partial charge in [-0.05, 0) is 40.3 Å². The van der Waals surface area contributed by atoms with E-state index in [9.17, 15) is 0 Å². The van der Waals surface area contributed by atoms with Crippen LogP contribution in [0.15, 0.2) is 0 Å². The summed E-state index contributed by atoms with van der Waals surface area (Å²) in [5.41, 5.74) is 0.443. The molecule has 1 N–H and O–H groups in total. The molecule has 0 radical (unpaired) electrons. The van der Waals surface area contributed by atoms with Gasteiger partial charge in [-0.3, -0.25) is 0 Å². The predicted octanol–water partition coefficient (Wildman–Crippen LogP) is 3.42. The van der Waals surface area contributed by atoms with Crippen LogP contribution in [0.1, 0.15) is 65.2 Å². The second-order valence-corrected chi connectivity index (χ2v) is 6.10. The lowest BCUT2D eigenvalue weighted by Gasteiger charge is -2.37. The Labute approximate surface area is 108 Å². The normalized spacial score (nSPS) is 21.0. The summed E-state index contributed by atoms with van der Waals surface area (Å²) in [5, 5.41) is 3.76. The fraction of sp³-hybridized carbons (Fsp3) is 1.00. The highest BCUT2D eigenvalue weighted by Gasteiger charge is 2.35. The molecule has 1 unspecified atom stereocenters. The van der Waals surface area contributed by atoms with Crippen LogP contribution in [0.25, 0.3) is 0 Å². The summed E-state index contributed by atoms with van der Waals surface area (Å²) in [6.45, 7) is 5.79. The maximum absolute atomic E-state index is 3.76. The molecule has 0 bridgehead atoms. The fourth-order valence-electron chi connectivity index (χ4n) is 2.98. The summed E-state index contributed by atoms with van der Waals surface area (Å²) in [4.78, 5) is 2.45. The number of rotatable bonds is 8. The van der Waals surface area contributed by atoms with E-state index in [0.29, 0.717) is 11.6 Å². The average Bonchev–Trinajstić information content (AvgIpc) is 2.77. The minimum absolute atomic E-state index is 0.443. The van der Waals surface area contributed by atoms with Crippen molar-refractivity contribution < 1.29 is 0 Å². The van der Waals surface area contributed by atoms with Gasteiger partial charge in [0.25, 0.3) is 0 Å². The van der Waals surface area contributed by atoms with Gasteiger partial charge in [0.05, 0.1) is 0 Å². The molecule has 17 heavy (non-hydrogen) atoms. The molecule has 0 spiro atoms. The summed E-state index contributed by atoms with van der Waals surface area (Å²) in [6.07, 6.45) is 11.0. The zero-order chi connectivity index (χ0) is 12.7. The van der Waals surface area contributed by atoms with Crippen molar-refractivity contribution in [2.75, 3.05) is 20.6 Å². The van der Waals surface area contributed by atoms with Crippen LogP contribution in [0.3, 0.4) is 0 Å². The van der Waals surface area contributed by atoms with Crippen molar-refractivity contribution in [1.82, 2.24) is 10.2 Å². The Kier molecular flexibility index (Phi) is 6.50. The molecule has 0 aromatic rings. The first-order valence-electron chi connectivity index (χ1n) is 7.51. The summed E-state index contributed by atoms with van der Waals surface area (Å²) in [7, 11) is 4.49. The highest BCUT2D eigenvalue weighted by atomic mass is 15.2. The van der Waals surface area contributed by atoms with Crippen LogP contribution in [0.4, 0.5) is 0 Å². The van der Waals surface area contributed by atoms with Gasteiger partial charge in [0.2, 0.25) is 0 Å². The molecule has 2 nitrogen and oxygen atoms in total. The Morgan fingerprint density at radius 2 is 1.82 bits per heavy atom. The minimum atomic E-state index is 0.443. The van der Waals surface area contributed by atoms with Gasteiger partial charge < -0.3 is 10.2 Å².